The van der Waals surface area contributed by atoms with Crippen molar-refractivity contribution in [1.82, 2.24) is 25.4 Å². The topological polar surface area (TPSA) is 70.2 Å². The van der Waals surface area contributed by atoms with E-state index in [1.54, 1.807) is 6.33 Å². The molecule has 0 saturated heterocycles. The van der Waals surface area contributed by atoms with Crippen LogP contribution in [0.5, 0.6) is 0 Å². The van der Waals surface area contributed by atoms with Gasteiger partial charge in [0, 0.05) is 0 Å². The van der Waals surface area contributed by atoms with E-state index in [0.29, 0.717) is 0 Å². The second-order valence-electron chi connectivity index (χ2n) is 3.80. The second kappa shape index (κ2) is 2.57. The normalized spacial score (nSPS) is 11.8. The van der Waals surface area contributed by atoms with Crippen LogP contribution in [0.15, 0.2) is 30.6 Å². The molecule has 0 amide bonds. The number of imidazole rings is 1. The van der Waals surface area contributed by atoms with E-state index in [9.17, 15) is 0 Å². The quantitative estimate of drug-likeness (QED) is 0.465. The molecule has 2 N–H and O–H groups in total. The van der Waals surface area contributed by atoms with Crippen molar-refractivity contribution in [2.75, 3.05) is 0 Å². The molecule has 5 nitrogen and oxygen atoms in total. The summed E-state index contributed by atoms with van der Waals surface area (Å²) in [7, 11) is 0. The number of nitrogens with one attached hydrogen (secondary N) is 2. The largest absolute Gasteiger partial charge is 0.345 e. The molecule has 2 heterocycles. The van der Waals surface area contributed by atoms with Gasteiger partial charge in [-0.15, -0.1) is 5.10 Å². The molecule has 2 aromatic heterocycles. The number of aromatic nitrogens is 5. The average molecular weight is 209 g/mol. The minimum absolute atomic E-state index is 0.881. The first-order valence-corrected chi connectivity index (χ1v) is 4.98. The smallest absolute Gasteiger partial charge is 0.113 e. The molecule has 4 rings (SSSR count). The van der Waals surface area contributed by atoms with Gasteiger partial charge in [-0.25, -0.2) is 4.98 Å². The summed E-state index contributed by atoms with van der Waals surface area (Å²) in [4.78, 5) is 7.34. The molecule has 0 spiro atoms. The Hall–Kier alpha value is -2.43. The van der Waals surface area contributed by atoms with E-state index >= 15 is 0 Å². The Morgan fingerprint density at radius 3 is 2.62 bits per heavy atom. The van der Waals surface area contributed by atoms with Gasteiger partial charge >= 0.3 is 0 Å². The molecule has 0 saturated carbocycles. The Morgan fingerprint density at radius 1 is 0.875 bits per heavy atom. The maximum absolute atomic E-state index is 4.24. The molecule has 2 aromatic carbocycles. The van der Waals surface area contributed by atoms with E-state index < -0.39 is 0 Å². The zero-order chi connectivity index (χ0) is 10.5. The number of fused-ring (bicyclic) bond motifs is 3. The number of aromatic amines is 2. The van der Waals surface area contributed by atoms with Crippen molar-refractivity contribution in [1.29, 1.82) is 0 Å². The van der Waals surface area contributed by atoms with Crippen LogP contribution in [0.2, 0.25) is 0 Å². The van der Waals surface area contributed by atoms with Gasteiger partial charge in [-0.05, 0) is 35.0 Å². The lowest BCUT2D eigenvalue weighted by Crippen LogP contribution is -1.76. The first-order chi connectivity index (χ1) is 7.90. The van der Waals surface area contributed by atoms with E-state index in [1.807, 2.05) is 12.1 Å². The maximum Gasteiger partial charge on any atom is 0.113 e. The van der Waals surface area contributed by atoms with Gasteiger partial charge in [0.25, 0.3) is 0 Å². The van der Waals surface area contributed by atoms with Crippen LogP contribution in [0.4, 0.5) is 0 Å². The van der Waals surface area contributed by atoms with E-state index in [-0.39, 0.29) is 0 Å². The van der Waals surface area contributed by atoms with Crippen molar-refractivity contribution in [2.45, 2.75) is 0 Å². The minimum Gasteiger partial charge on any atom is -0.345 e. The van der Waals surface area contributed by atoms with Crippen LogP contribution in [0, 0.1) is 0 Å². The highest BCUT2D eigenvalue weighted by molar-refractivity contribution is 6.00. The first kappa shape index (κ1) is 7.81. The lowest BCUT2D eigenvalue weighted by atomic mass is 10.1. The summed E-state index contributed by atoms with van der Waals surface area (Å²) in [5.41, 5.74) is 3.84. The van der Waals surface area contributed by atoms with Crippen molar-refractivity contribution in [2.24, 2.45) is 0 Å². The average Bonchev–Trinajstić information content (AvgIpc) is 2.89. The molecule has 0 aliphatic carbocycles. The van der Waals surface area contributed by atoms with Crippen LogP contribution in [-0.2, 0) is 0 Å². The number of H-pyrrole nitrogens is 2. The Morgan fingerprint density at radius 2 is 1.69 bits per heavy atom. The lowest BCUT2D eigenvalue weighted by Gasteiger charge is -1.97. The highest BCUT2D eigenvalue weighted by Crippen LogP contribution is 2.23. The van der Waals surface area contributed by atoms with E-state index in [0.717, 1.165) is 32.8 Å². The minimum atomic E-state index is 0.881. The third-order valence-corrected chi connectivity index (χ3v) is 2.82. The Bertz CT molecular complexity index is 681. The van der Waals surface area contributed by atoms with Gasteiger partial charge in [0.1, 0.15) is 5.52 Å². The van der Waals surface area contributed by atoms with Gasteiger partial charge in [0.15, 0.2) is 0 Å². The molecule has 4 aromatic rings. The molecular formula is C11H7N5. The van der Waals surface area contributed by atoms with Crippen molar-refractivity contribution >= 4 is 32.8 Å². The van der Waals surface area contributed by atoms with Crippen LogP contribution in [0.1, 0.15) is 0 Å². The fourth-order valence-corrected chi connectivity index (χ4v) is 2.02. The standard InChI is InChI=1S/C11H7N5/c1-6-3-10-11(15-16-14-10)4-7(6)2-9-8(1)12-5-13-9/h1-5H,(H,12,13)(H,14,15,16). The van der Waals surface area contributed by atoms with Crippen LogP contribution < -0.4 is 0 Å². The van der Waals surface area contributed by atoms with Crippen LogP contribution >= 0.6 is 0 Å². The fourth-order valence-electron chi connectivity index (χ4n) is 2.02. The Kier molecular flexibility index (Phi) is 1.26. The lowest BCUT2D eigenvalue weighted by molar-refractivity contribution is 0.959. The first-order valence-electron chi connectivity index (χ1n) is 4.98. The summed E-state index contributed by atoms with van der Waals surface area (Å²) in [5, 5.41) is 12.9. The predicted molar refractivity (Wildman–Crippen MR) is 61.0 cm³/mol. The van der Waals surface area contributed by atoms with Gasteiger partial charge < -0.3 is 4.98 Å². The summed E-state index contributed by atoms with van der Waals surface area (Å²) in [6.07, 6.45) is 1.70. The zero-order valence-electron chi connectivity index (χ0n) is 8.23. The molecule has 76 valence electrons. The van der Waals surface area contributed by atoms with Crippen LogP contribution in [0.25, 0.3) is 32.8 Å². The van der Waals surface area contributed by atoms with Gasteiger partial charge in [-0.2, -0.15) is 0 Å². The van der Waals surface area contributed by atoms with Gasteiger partial charge in [0.05, 0.1) is 22.9 Å². The Labute approximate surface area is 89.5 Å². The highest BCUT2D eigenvalue weighted by Gasteiger charge is 2.03. The van der Waals surface area contributed by atoms with Gasteiger partial charge in [-0.1, -0.05) is 5.21 Å². The molecular weight excluding hydrogens is 202 g/mol. The highest BCUT2D eigenvalue weighted by atomic mass is 15.3. The molecule has 0 unspecified atom stereocenters. The number of nitrogens with zero attached hydrogens (tertiary/aromatic N) is 3. The summed E-state index contributed by atoms with van der Waals surface area (Å²) < 4.78 is 0. The van der Waals surface area contributed by atoms with Gasteiger partial charge in [0.2, 0.25) is 0 Å². The predicted octanol–water partition coefficient (Wildman–Crippen LogP) is 1.99. The summed E-state index contributed by atoms with van der Waals surface area (Å²) in [5.74, 6) is 0. The molecule has 0 radical (unpaired) electrons. The van der Waals surface area contributed by atoms with Crippen molar-refractivity contribution in [3.05, 3.63) is 30.6 Å². The molecule has 16 heavy (non-hydrogen) atoms. The third-order valence-electron chi connectivity index (χ3n) is 2.82. The molecule has 0 bridgehead atoms. The molecule has 0 aliphatic rings. The summed E-state index contributed by atoms with van der Waals surface area (Å²) >= 11 is 0. The fraction of sp³-hybridized carbons (Fsp3) is 0. The number of rotatable bonds is 0. The van der Waals surface area contributed by atoms with Crippen molar-refractivity contribution < 1.29 is 0 Å². The maximum atomic E-state index is 4.24. The summed E-state index contributed by atoms with van der Waals surface area (Å²) in [6, 6.07) is 8.19. The van der Waals surface area contributed by atoms with Gasteiger partial charge in [-0.3, -0.25) is 5.10 Å². The van der Waals surface area contributed by atoms with Crippen LogP contribution in [-0.4, -0.2) is 25.4 Å². The SMILES string of the molecule is c1nc2cc3cc4[nH]nnc4cc3cc2[nH]1. The van der Waals surface area contributed by atoms with Crippen molar-refractivity contribution in [3.63, 3.8) is 0 Å². The zero-order valence-corrected chi connectivity index (χ0v) is 8.23. The van der Waals surface area contributed by atoms with Crippen LogP contribution in [0.3, 0.4) is 0 Å². The van der Waals surface area contributed by atoms with Crippen molar-refractivity contribution in [3.8, 4) is 0 Å². The van der Waals surface area contributed by atoms with E-state index in [1.165, 1.54) is 0 Å². The molecule has 0 atom stereocenters. The number of benzene rings is 2. The molecule has 5 heteroatoms. The number of hydrogen-bond donors (Lipinski definition) is 2. The molecule has 0 fully saturated rings. The summed E-state index contributed by atoms with van der Waals surface area (Å²) in [6.45, 7) is 0. The monoisotopic (exact) mass is 209 g/mol. The third kappa shape index (κ3) is 0.916. The second-order valence-corrected chi connectivity index (χ2v) is 3.80. The Balaban J connectivity index is 2.26. The van der Waals surface area contributed by atoms with E-state index in [4.69, 9.17) is 0 Å². The van der Waals surface area contributed by atoms with E-state index in [2.05, 4.69) is 37.5 Å². The molecule has 0 aliphatic heterocycles. The number of hydrogen-bond acceptors (Lipinski definition) is 3.